The highest BCUT2D eigenvalue weighted by Gasteiger charge is 2.36. The molecule has 0 aromatic heterocycles. The first-order valence-electron chi connectivity index (χ1n) is 18.0. The average Bonchev–Trinajstić information content (AvgIpc) is 3.17. The van der Waals surface area contributed by atoms with E-state index in [1.165, 1.54) is 48.5 Å². The van der Waals surface area contributed by atoms with Crippen LogP contribution < -0.4 is 18.9 Å². The number of allylic oxidation sites excluding steroid dienone is 2. The molecule has 0 heterocycles. The highest BCUT2D eigenvalue weighted by molar-refractivity contribution is 5.81. The molecule has 3 rings (SSSR count). The summed E-state index contributed by atoms with van der Waals surface area (Å²) in [7, 11) is 0. The number of alkyl halides is 4. The average molecular weight is 757 g/mol. The van der Waals surface area contributed by atoms with Crippen LogP contribution in [0.1, 0.15) is 75.8 Å². The molecular weight excluding hydrogens is 708 g/mol. The minimum absolute atomic E-state index is 0.205. The maximum Gasteiger partial charge on any atom is 0.426 e. The van der Waals surface area contributed by atoms with Crippen LogP contribution in [0.15, 0.2) is 110 Å². The van der Waals surface area contributed by atoms with Crippen molar-refractivity contribution >= 4 is 11.9 Å². The van der Waals surface area contributed by atoms with E-state index in [-0.39, 0.29) is 30.7 Å². The summed E-state index contributed by atoms with van der Waals surface area (Å²) < 4.78 is 90.5. The van der Waals surface area contributed by atoms with Gasteiger partial charge in [0.1, 0.15) is 36.2 Å². The zero-order valence-corrected chi connectivity index (χ0v) is 30.5. The van der Waals surface area contributed by atoms with Crippen LogP contribution in [0.4, 0.5) is 17.6 Å². The van der Waals surface area contributed by atoms with Crippen LogP contribution in [0.5, 0.6) is 23.0 Å². The van der Waals surface area contributed by atoms with Crippen LogP contribution in [-0.2, 0) is 31.3 Å². The number of halogens is 4. The van der Waals surface area contributed by atoms with E-state index in [1.54, 1.807) is 13.0 Å². The Balaban J connectivity index is 1.35. The summed E-state index contributed by atoms with van der Waals surface area (Å²) in [5.41, 5.74) is -0.808. The van der Waals surface area contributed by atoms with Gasteiger partial charge in [-0.3, -0.25) is 4.79 Å². The van der Waals surface area contributed by atoms with E-state index in [4.69, 9.17) is 28.4 Å². The Morgan fingerprint density at radius 1 is 0.574 bits per heavy atom. The van der Waals surface area contributed by atoms with Crippen molar-refractivity contribution in [2.45, 2.75) is 76.9 Å². The van der Waals surface area contributed by atoms with E-state index >= 15 is 0 Å². The van der Waals surface area contributed by atoms with Gasteiger partial charge in [0.25, 0.3) is 0 Å². The van der Waals surface area contributed by atoms with Crippen molar-refractivity contribution in [3.8, 4) is 23.0 Å². The fourth-order valence-electron chi connectivity index (χ4n) is 4.75. The summed E-state index contributed by atoms with van der Waals surface area (Å²) in [6, 6.07) is 15.0. The molecule has 3 aromatic rings. The zero-order chi connectivity index (χ0) is 39.1. The summed E-state index contributed by atoms with van der Waals surface area (Å²) in [6.45, 7) is 6.40. The van der Waals surface area contributed by atoms with E-state index in [0.29, 0.717) is 31.1 Å². The molecule has 292 valence electrons. The molecular formula is C42H48F4O8. The van der Waals surface area contributed by atoms with Gasteiger partial charge < -0.3 is 28.4 Å². The zero-order valence-electron chi connectivity index (χ0n) is 30.5. The second kappa shape index (κ2) is 23.4. The lowest BCUT2D eigenvalue weighted by atomic mass is 10.2. The molecule has 0 aliphatic heterocycles. The molecule has 0 saturated carbocycles. The van der Waals surface area contributed by atoms with Gasteiger partial charge in [-0.05, 0) is 124 Å². The third-order valence-electron chi connectivity index (χ3n) is 7.72. The van der Waals surface area contributed by atoms with E-state index < -0.39 is 29.3 Å². The van der Waals surface area contributed by atoms with Crippen molar-refractivity contribution in [2.75, 3.05) is 26.4 Å². The third-order valence-corrected chi connectivity index (χ3v) is 7.72. The second-order valence-corrected chi connectivity index (χ2v) is 12.0. The fourth-order valence-corrected chi connectivity index (χ4v) is 4.75. The predicted molar refractivity (Wildman–Crippen MR) is 197 cm³/mol. The van der Waals surface area contributed by atoms with E-state index in [9.17, 15) is 27.2 Å². The molecule has 0 aliphatic carbocycles. The van der Waals surface area contributed by atoms with Crippen molar-refractivity contribution in [1.29, 1.82) is 0 Å². The Kier molecular flexibility index (Phi) is 18.7. The molecule has 0 amide bonds. The van der Waals surface area contributed by atoms with Crippen molar-refractivity contribution in [1.82, 2.24) is 0 Å². The van der Waals surface area contributed by atoms with Gasteiger partial charge in [0.05, 0.1) is 24.3 Å². The van der Waals surface area contributed by atoms with Gasteiger partial charge in [-0.2, -0.15) is 17.6 Å². The molecule has 0 atom stereocenters. The van der Waals surface area contributed by atoms with Gasteiger partial charge >= 0.3 is 24.2 Å². The lowest BCUT2D eigenvalue weighted by Gasteiger charge is -2.20. The number of hydrogen-bond acceptors (Lipinski definition) is 8. The Morgan fingerprint density at radius 3 is 1.39 bits per heavy atom. The SMILES string of the molecule is C=CC(=O)OCC=CCCCCCOc1ccc(C(F)(F)Oc2ccc(OC(F)(F)c3ccc(OCCCCCC=CCOC(=O)CC)cc3)cc2)cc1. The third kappa shape index (κ3) is 16.6. The van der Waals surface area contributed by atoms with Crippen molar-refractivity contribution in [3.05, 3.63) is 121 Å². The smallest absolute Gasteiger partial charge is 0.426 e. The Morgan fingerprint density at radius 2 is 0.981 bits per heavy atom. The van der Waals surface area contributed by atoms with Crippen LogP contribution in [0.2, 0.25) is 0 Å². The molecule has 0 saturated heterocycles. The highest BCUT2D eigenvalue weighted by atomic mass is 19.3. The maximum atomic E-state index is 14.9. The number of carbonyl (C=O) groups is 2. The molecule has 3 aromatic carbocycles. The van der Waals surface area contributed by atoms with Gasteiger partial charge in [0, 0.05) is 12.5 Å². The van der Waals surface area contributed by atoms with Gasteiger partial charge in [-0.25, -0.2) is 4.79 Å². The molecule has 8 nitrogen and oxygen atoms in total. The van der Waals surface area contributed by atoms with Crippen LogP contribution >= 0.6 is 0 Å². The van der Waals surface area contributed by atoms with Crippen LogP contribution in [-0.4, -0.2) is 38.4 Å². The van der Waals surface area contributed by atoms with Gasteiger partial charge in [0.2, 0.25) is 0 Å². The van der Waals surface area contributed by atoms with Crippen molar-refractivity contribution in [2.24, 2.45) is 0 Å². The van der Waals surface area contributed by atoms with E-state index in [1.807, 2.05) is 18.2 Å². The molecule has 54 heavy (non-hydrogen) atoms. The second-order valence-electron chi connectivity index (χ2n) is 12.0. The standard InChI is InChI=1S/C42H48F4O8/c1-3-39(47)51-31-15-11-7-5-9-13-29-49-35-21-17-33(18-22-35)41(43,44)53-37-25-27-38(28-26-37)54-42(45,46)34-19-23-36(24-20-34)50-30-14-10-6-8-12-16-32-52-40(48)4-2/h3,11-12,15-28H,1,4-10,13-14,29-32H2,2H3. The van der Waals surface area contributed by atoms with E-state index in [0.717, 1.165) is 81.7 Å². The van der Waals surface area contributed by atoms with E-state index in [2.05, 4.69) is 6.58 Å². The summed E-state index contributed by atoms with van der Waals surface area (Å²) in [5, 5.41) is 0. The molecule has 0 spiro atoms. The fraction of sp³-hybridized carbons (Fsp3) is 0.381. The number of rotatable bonds is 26. The lowest BCUT2D eigenvalue weighted by molar-refractivity contribution is -0.188. The van der Waals surface area contributed by atoms with Crippen LogP contribution in [0.25, 0.3) is 0 Å². The Bertz CT molecular complexity index is 1600. The monoisotopic (exact) mass is 756 g/mol. The topological polar surface area (TPSA) is 89.5 Å². The first-order valence-corrected chi connectivity index (χ1v) is 18.0. The Hall–Kier alpha value is -5.26. The molecule has 0 aliphatic rings. The number of unbranched alkanes of at least 4 members (excludes halogenated alkanes) is 6. The highest BCUT2D eigenvalue weighted by Crippen LogP contribution is 2.36. The Labute approximate surface area is 314 Å². The summed E-state index contributed by atoms with van der Waals surface area (Å²) in [6.07, 6.45) is 8.46. The minimum atomic E-state index is -3.70. The van der Waals surface area contributed by atoms with Crippen LogP contribution in [0, 0.1) is 0 Å². The molecule has 0 radical (unpaired) electrons. The van der Waals surface area contributed by atoms with Gasteiger partial charge in [-0.1, -0.05) is 37.8 Å². The predicted octanol–water partition coefficient (Wildman–Crippen LogP) is 10.6. The minimum Gasteiger partial charge on any atom is -0.494 e. The molecule has 0 unspecified atom stereocenters. The quantitative estimate of drug-likeness (QED) is 0.0263. The number of carbonyl (C=O) groups excluding carboxylic acids is 2. The first kappa shape index (κ1) is 43.1. The van der Waals surface area contributed by atoms with Crippen molar-refractivity contribution < 1.29 is 55.6 Å². The van der Waals surface area contributed by atoms with Gasteiger partial charge in [0.15, 0.2) is 0 Å². The summed E-state index contributed by atoms with van der Waals surface area (Å²) in [4.78, 5) is 22.0. The van der Waals surface area contributed by atoms with Crippen molar-refractivity contribution in [3.63, 3.8) is 0 Å². The normalized spacial score (nSPS) is 11.7. The number of ether oxygens (including phenoxy) is 6. The molecule has 0 N–H and O–H groups in total. The summed E-state index contributed by atoms with van der Waals surface area (Å²) >= 11 is 0. The maximum absolute atomic E-state index is 14.9. The number of benzene rings is 3. The van der Waals surface area contributed by atoms with Gasteiger partial charge in [-0.15, -0.1) is 0 Å². The molecule has 0 fully saturated rings. The first-order chi connectivity index (χ1) is 26.0. The number of hydrogen-bond donors (Lipinski definition) is 0. The number of esters is 2. The van der Waals surface area contributed by atoms with Crippen LogP contribution in [0.3, 0.4) is 0 Å². The lowest BCUT2D eigenvalue weighted by Crippen LogP contribution is -2.22. The summed E-state index contributed by atoms with van der Waals surface area (Å²) in [5.74, 6) is -0.299. The largest absolute Gasteiger partial charge is 0.494 e. The molecule has 12 heteroatoms. The molecule has 0 bridgehead atoms.